The summed E-state index contributed by atoms with van der Waals surface area (Å²) in [5.74, 6) is -4.78. The lowest BCUT2D eigenvalue weighted by Crippen LogP contribution is -2.22. The number of carbonyl (C=O) groups excluding carboxylic acids is 1. The van der Waals surface area contributed by atoms with Crippen LogP contribution in [0.1, 0.15) is 6.42 Å². The average Bonchev–Trinajstić information content (AvgIpc) is 2.61. The van der Waals surface area contributed by atoms with Crippen LogP contribution in [0.15, 0.2) is 24.3 Å². The summed E-state index contributed by atoms with van der Waals surface area (Å²) in [5.41, 5.74) is 1.80. The van der Waals surface area contributed by atoms with Crippen LogP contribution in [0.25, 0.3) is 0 Å². The van der Waals surface area contributed by atoms with E-state index in [4.69, 9.17) is 0 Å². The third-order valence-corrected chi connectivity index (χ3v) is 2.95. The molecule has 6 heteroatoms. The predicted octanol–water partition coefficient (Wildman–Crippen LogP) is 2.12. The van der Waals surface area contributed by atoms with Crippen LogP contribution in [0.5, 0.6) is 0 Å². The Balaban J connectivity index is 1.93. The maximum Gasteiger partial charge on any atom is 0.377 e. The number of halogens is 2. The molecule has 1 fully saturated rings. The maximum absolute atomic E-state index is 13.0. The van der Waals surface area contributed by atoms with Crippen LogP contribution in [0.2, 0.25) is 0 Å². The van der Waals surface area contributed by atoms with Gasteiger partial charge in [-0.15, -0.1) is 0 Å². The van der Waals surface area contributed by atoms with Crippen LogP contribution in [-0.2, 0) is 9.53 Å². The van der Waals surface area contributed by atoms with E-state index in [-0.39, 0.29) is 6.54 Å². The molecule has 4 nitrogen and oxygen atoms in total. The quantitative estimate of drug-likeness (QED) is 0.851. The second kappa shape index (κ2) is 5.03. The van der Waals surface area contributed by atoms with Gasteiger partial charge in [-0.1, -0.05) is 6.07 Å². The minimum absolute atomic E-state index is 0.179. The minimum Gasteiger partial charge on any atom is -0.456 e. The predicted molar refractivity (Wildman–Crippen MR) is 68.7 cm³/mol. The normalized spacial score (nSPS) is 21.1. The van der Waals surface area contributed by atoms with E-state index in [1.807, 2.05) is 43.3 Å². The fourth-order valence-corrected chi connectivity index (χ4v) is 1.89. The molecule has 1 N–H and O–H groups in total. The number of hydrogen-bond donors (Lipinski definition) is 1. The van der Waals surface area contributed by atoms with Crippen LogP contribution in [0.4, 0.5) is 20.2 Å². The Kier molecular flexibility index (Phi) is 3.59. The molecule has 0 radical (unpaired) electrons. The maximum atomic E-state index is 13.0. The Morgan fingerprint density at radius 3 is 2.79 bits per heavy atom. The molecule has 1 aromatic carbocycles. The fourth-order valence-electron chi connectivity index (χ4n) is 1.89. The first-order valence-electron chi connectivity index (χ1n) is 5.98. The van der Waals surface area contributed by atoms with Gasteiger partial charge in [0.1, 0.15) is 6.10 Å². The van der Waals surface area contributed by atoms with Gasteiger partial charge in [0.2, 0.25) is 0 Å². The Bertz CT molecular complexity index is 477. The van der Waals surface area contributed by atoms with Crippen molar-refractivity contribution in [2.24, 2.45) is 0 Å². The van der Waals surface area contributed by atoms with Crippen molar-refractivity contribution < 1.29 is 18.3 Å². The largest absolute Gasteiger partial charge is 0.456 e. The molecular formula is C13H16F2N2O2. The third-order valence-electron chi connectivity index (χ3n) is 2.95. The third kappa shape index (κ3) is 3.13. The van der Waals surface area contributed by atoms with Crippen molar-refractivity contribution >= 4 is 17.3 Å². The number of nitrogens with one attached hydrogen (secondary N) is 1. The van der Waals surface area contributed by atoms with E-state index in [0.29, 0.717) is 0 Å². The van der Waals surface area contributed by atoms with Gasteiger partial charge in [0.15, 0.2) is 0 Å². The zero-order chi connectivity index (χ0) is 14.0. The van der Waals surface area contributed by atoms with E-state index in [2.05, 4.69) is 10.1 Å². The van der Waals surface area contributed by atoms with Crippen molar-refractivity contribution in [3.8, 4) is 0 Å². The topological polar surface area (TPSA) is 41.6 Å². The molecule has 0 aliphatic carbocycles. The minimum atomic E-state index is -3.35. The Morgan fingerprint density at radius 2 is 2.21 bits per heavy atom. The molecule has 0 spiro atoms. The molecule has 1 aliphatic heterocycles. The van der Waals surface area contributed by atoms with Gasteiger partial charge in [0.05, 0.1) is 13.0 Å². The summed E-state index contributed by atoms with van der Waals surface area (Å²) in [6, 6.07) is 7.54. The highest BCUT2D eigenvalue weighted by Crippen LogP contribution is 2.31. The van der Waals surface area contributed by atoms with Crippen LogP contribution < -0.4 is 10.2 Å². The standard InChI is InChI=1S/C13H16F2N2O2/c1-17(2)10-5-3-4-9(6-10)16-8-11-7-13(14,15)12(18)19-11/h3-6,11,16H,7-8H2,1-2H3. The van der Waals surface area contributed by atoms with Crippen LogP contribution in [0, 0.1) is 0 Å². The van der Waals surface area contributed by atoms with Crippen molar-refractivity contribution in [3.63, 3.8) is 0 Å². The molecule has 1 aromatic rings. The number of hydrogen-bond acceptors (Lipinski definition) is 4. The lowest BCUT2D eigenvalue weighted by atomic mass is 10.2. The van der Waals surface area contributed by atoms with Gasteiger partial charge in [-0.3, -0.25) is 0 Å². The Hall–Kier alpha value is -1.85. The summed E-state index contributed by atoms with van der Waals surface area (Å²) in [6.45, 7) is 0.179. The number of alkyl halides is 2. The molecule has 1 heterocycles. The summed E-state index contributed by atoms with van der Waals surface area (Å²) in [4.78, 5) is 12.8. The zero-order valence-electron chi connectivity index (χ0n) is 10.8. The highest BCUT2D eigenvalue weighted by atomic mass is 19.3. The van der Waals surface area contributed by atoms with Gasteiger partial charge in [0, 0.05) is 25.5 Å². The molecule has 1 aliphatic rings. The molecule has 2 rings (SSSR count). The molecule has 19 heavy (non-hydrogen) atoms. The Morgan fingerprint density at radius 1 is 1.47 bits per heavy atom. The first-order valence-corrected chi connectivity index (χ1v) is 5.98. The first-order chi connectivity index (χ1) is 8.88. The number of anilines is 2. The van der Waals surface area contributed by atoms with E-state index >= 15 is 0 Å². The van der Waals surface area contributed by atoms with E-state index in [9.17, 15) is 13.6 Å². The molecule has 0 saturated carbocycles. The summed E-state index contributed by atoms with van der Waals surface area (Å²) in [5, 5.41) is 3.00. The SMILES string of the molecule is CN(C)c1cccc(NCC2CC(F)(F)C(=O)O2)c1. The van der Waals surface area contributed by atoms with Gasteiger partial charge in [-0.05, 0) is 18.2 Å². The van der Waals surface area contributed by atoms with Gasteiger partial charge >= 0.3 is 11.9 Å². The number of esters is 1. The van der Waals surface area contributed by atoms with Crippen molar-refractivity contribution in [2.45, 2.75) is 18.4 Å². The molecule has 1 saturated heterocycles. The second-order valence-corrected chi connectivity index (χ2v) is 4.76. The van der Waals surface area contributed by atoms with Crippen molar-refractivity contribution in [3.05, 3.63) is 24.3 Å². The van der Waals surface area contributed by atoms with Gasteiger partial charge in [-0.2, -0.15) is 8.78 Å². The molecule has 1 atom stereocenters. The summed E-state index contributed by atoms with van der Waals surface area (Å²) >= 11 is 0. The molecule has 0 aromatic heterocycles. The van der Waals surface area contributed by atoms with Crippen LogP contribution in [-0.4, -0.2) is 38.6 Å². The molecule has 0 amide bonds. The van der Waals surface area contributed by atoms with E-state index in [1.54, 1.807) is 0 Å². The summed E-state index contributed by atoms with van der Waals surface area (Å²) in [6.07, 6.45) is -1.35. The monoisotopic (exact) mass is 270 g/mol. The summed E-state index contributed by atoms with van der Waals surface area (Å²) < 4.78 is 30.6. The molecule has 104 valence electrons. The smallest absolute Gasteiger partial charge is 0.377 e. The molecule has 0 bridgehead atoms. The van der Waals surface area contributed by atoms with Crippen molar-refractivity contribution in [1.29, 1.82) is 0 Å². The van der Waals surface area contributed by atoms with E-state index < -0.39 is 24.4 Å². The average molecular weight is 270 g/mol. The van der Waals surface area contributed by atoms with Crippen LogP contribution in [0.3, 0.4) is 0 Å². The highest BCUT2D eigenvalue weighted by molar-refractivity contribution is 5.79. The number of cyclic esters (lactones) is 1. The van der Waals surface area contributed by atoms with E-state index in [1.165, 1.54) is 0 Å². The van der Waals surface area contributed by atoms with Crippen molar-refractivity contribution in [2.75, 3.05) is 30.9 Å². The molecular weight excluding hydrogens is 254 g/mol. The lowest BCUT2D eigenvalue weighted by Gasteiger charge is -2.15. The number of rotatable bonds is 4. The fraction of sp³-hybridized carbons (Fsp3) is 0.462. The number of ether oxygens (including phenoxy) is 1. The molecule has 1 unspecified atom stereocenters. The van der Waals surface area contributed by atoms with Crippen molar-refractivity contribution in [1.82, 2.24) is 0 Å². The number of nitrogens with zero attached hydrogens (tertiary/aromatic N) is 1. The zero-order valence-corrected chi connectivity index (χ0v) is 10.8. The first kappa shape index (κ1) is 13.6. The number of benzene rings is 1. The Labute approximate surface area is 110 Å². The highest BCUT2D eigenvalue weighted by Gasteiger charge is 2.50. The number of carbonyl (C=O) groups is 1. The van der Waals surface area contributed by atoms with E-state index in [0.717, 1.165) is 11.4 Å². The van der Waals surface area contributed by atoms with Gasteiger partial charge < -0.3 is 15.0 Å². The second-order valence-electron chi connectivity index (χ2n) is 4.76. The van der Waals surface area contributed by atoms with Crippen LogP contribution >= 0.6 is 0 Å². The van der Waals surface area contributed by atoms with Gasteiger partial charge in [-0.25, -0.2) is 4.79 Å². The summed E-state index contributed by atoms with van der Waals surface area (Å²) in [7, 11) is 3.83. The van der Waals surface area contributed by atoms with Gasteiger partial charge in [0.25, 0.3) is 0 Å². The lowest BCUT2D eigenvalue weighted by molar-refractivity contribution is -0.158.